The number of rotatable bonds is 5. The van der Waals surface area contributed by atoms with Crippen LogP contribution >= 0.6 is 11.3 Å². The summed E-state index contributed by atoms with van der Waals surface area (Å²) in [6.45, 7) is 4.64. The summed E-state index contributed by atoms with van der Waals surface area (Å²) >= 11 is 1.63. The number of piperazine rings is 1. The van der Waals surface area contributed by atoms with E-state index in [4.69, 9.17) is 4.42 Å². The van der Waals surface area contributed by atoms with Crippen LogP contribution in [0, 0.1) is 6.92 Å². The fraction of sp³-hybridized carbons (Fsp3) is 0.368. The molecular weight excluding hydrogens is 378 g/mol. The molecule has 0 radical (unpaired) electrons. The second-order valence-electron chi connectivity index (χ2n) is 6.63. The summed E-state index contributed by atoms with van der Waals surface area (Å²) < 4.78 is 5.16. The van der Waals surface area contributed by atoms with Crippen molar-refractivity contribution in [3.8, 4) is 0 Å². The number of furan rings is 1. The molecule has 0 bridgehead atoms. The minimum Gasteiger partial charge on any atom is -0.459 e. The number of nitrogens with zero attached hydrogens (tertiary/aromatic N) is 4. The molecule has 0 saturated carbocycles. The number of hydrogen-bond acceptors (Lipinski definition) is 7. The zero-order valence-electron chi connectivity index (χ0n) is 15.6. The molecule has 1 saturated heterocycles. The lowest BCUT2D eigenvalue weighted by Gasteiger charge is -2.34. The van der Waals surface area contributed by atoms with E-state index < -0.39 is 0 Å². The molecule has 0 aliphatic carbocycles. The van der Waals surface area contributed by atoms with Crippen molar-refractivity contribution < 1.29 is 14.0 Å². The number of amides is 2. The van der Waals surface area contributed by atoms with Gasteiger partial charge in [0.05, 0.1) is 11.6 Å². The lowest BCUT2D eigenvalue weighted by molar-refractivity contribution is -0.132. The summed E-state index contributed by atoms with van der Waals surface area (Å²) in [6, 6.07) is 5.41. The molecule has 1 fully saturated rings. The maximum absolute atomic E-state index is 12.5. The average Bonchev–Trinajstić information content (AvgIpc) is 3.37. The SMILES string of the molecule is Cc1cc2c(NCCC(=O)N3CCN(C(=O)c4ccco4)CC3)ncnc2s1. The molecule has 0 atom stereocenters. The van der Waals surface area contributed by atoms with Crippen molar-refractivity contribution in [3.63, 3.8) is 0 Å². The smallest absolute Gasteiger partial charge is 0.289 e. The summed E-state index contributed by atoms with van der Waals surface area (Å²) in [6.07, 6.45) is 3.40. The molecule has 28 heavy (non-hydrogen) atoms. The van der Waals surface area contributed by atoms with Gasteiger partial charge in [0.1, 0.15) is 17.0 Å². The molecular formula is C19H21N5O3S. The lowest BCUT2D eigenvalue weighted by atomic mass is 10.2. The Bertz CT molecular complexity index is 977. The number of fused-ring (bicyclic) bond motifs is 1. The van der Waals surface area contributed by atoms with Crippen LogP contribution in [0.15, 0.2) is 35.2 Å². The first kappa shape index (κ1) is 18.4. The quantitative estimate of drug-likeness (QED) is 0.708. The van der Waals surface area contributed by atoms with Gasteiger partial charge >= 0.3 is 0 Å². The van der Waals surface area contributed by atoms with Gasteiger partial charge < -0.3 is 19.5 Å². The van der Waals surface area contributed by atoms with Crippen molar-refractivity contribution in [2.75, 3.05) is 38.0 Å². The van der Waals surface area contributed by atoms with Gasteiger partial charge in [0.25, 0.3) is 5.91 Å². The average molecular weight is 399 g/mol. The Hall–Kier alpha value is -2.94. The van der Waals surface area contributed by atoms with E-state index in [1.165, 1.54) is 17.5 Å². The Morgan fingerprint density at radius 2 is 2.00 bits per heavy atom. The minimum absolute atomic E-state index is 0.0735. The molecule has 1 N–H and O–H groups in total. The highest BCUT2D eigenvalue weighted by Crippen LogP contribution is 2.27. The van der Waals surface area contributed by atoms with Crippen LogP contribution < -0.4 is 5.32 Å². The van der Waals surface area contributed by atoms with Crippen molar-refractivity contribution in [1.29, 1.82) is 0 Å². The number of nitrogens with one attached hydrogen (secondary N) is 1. The predicted molar refractivity (Wildman–Crippen MR) is 106 cm³/mol. The molecule has 2 amide bonds. The topological polar surface area (TPSA) is 91.6 Å². The van der Waals surface area contributed by atoms with Crippen LogP contribution in [0.4, 0.5) is 5.82 Å². The predicted octanol–water partition coefficient (Wildman–Crippen LogP) is 2.38. The maximum atomic E-state index is 12.5. The number of thiophene rings is 1. The van der Waals surface area contributed by atoms with Gasteiger partial charge in [-0.2, -0.15) is 0 Å². The first-order valence-corrected chi connectivity index (χ1v) is 9.99. The Morgan fingerprint density at radius 1 is 1.21 bits per heavy atom. The molecule has 8 nitrogen and oxygen atoms in total. The first-order chi connectivity index (χ1) is 13.6. The van der Waals surface area contributed by atoms with Gasteiger partial charge in [-0.05, 0) is 25.1 Å². The van der Waals surface area contributed by atoms with Crippen LogP contribution in [0.1, 0.15) is 21.9 Å². The van der Waals surface area contributed by atoms with Crippen molar-refractivity contribution in [1.82, 2.24) is 19.8 Å². The van der Waals surface area contributed by atoms with E-state index in [2.05, 4.69) is 21.4 Å². The highest BCUT2D eigenvalue weighted by atomic mass is 32.1. The molecule has 3 aromatic rings. The maximum Gasteiger partial charge on any atom is 0.289 e. The van der Waals surface area contributed by atoms with Crippen molar-refractivity contribution in [3.05, 3.63) is 41.4 Å². The Balaban J connectivity index is 1.26. The number of aryl methyl sites for hydroxylation is 1. The number of anilines is 1. The van der Waals surface area contributed by atoms with E-state index in [0.717, 1.165) is 16.0 Å². The van der Waals surface area contributed by atoms with E-state index in [9.17, 15) is 9.59 Å². The van der Waals surface area contributed by atoms with Gasteiger partial charge in [-0.1, -0.05) is 0 Å². The summed E-state index contributed by atoms with van der Waals surface area (Å²) in [4.78, 5) is 39.0. The second kappa shape index (κ2) is 7.97. The molecule has 4 rings (SSSR count). The Morgan fingerprint density at radius 3 is 2.75 bits per heavy atom. The van der Waals surface area contributed by atoms with Crippen molar-refractivity contribution in [2.45, 2.75) is 13.3 Å². The van der Waals surface area contributed by atoms with E-state index in [0.29, 0.717) is 44.9 Å². The second-order valence-corrected chi connectivity index (χ2v) is 7.86. The third kappa shape index (κ3) is 3.84. The van der Waals surface area contributed by atoms with Crippen LogP contribution in [-0.2, 0) is 4.79 Å². The van der Waals surface area contributed by atoms with Crippen LogP contribution in [0.25, 0.3) is 10.2 Å². The van der Waals surface area contributed by atoms with Gasteiger partial charge in [-0.3, -0.25) is 9.59 Å². The molecule has 0 aromatic carbocycles. The molecule has 9 heteroatoms. The van der Waals surface area contributed by atoms with Gasteiger partial charge in [0.2, 0.25) is 5.91 Å². The number of carbonyl (C=O) groups is 2. The minimum atomic E-state index is -0.127. The fourth-order valence-electron chi connectivity index (χ4n) is 3.28. The molecule has 1 aliphatic rings. The van der Waals surface area contributed by atoms with Crippen LogP contribution in [0.2, 0.25) is 0 Å². The van der Waals surface area contributed by atoms with Gasteiger partial charge in [-0.15, -0.1) is 11.3 Å². The van der Waals surface area contributed by atoms with Crippen LogP contribution in [0.3, 0.4) is 0 Å². The van der Waals surface area contributed by atoms with E-state index in [1.807, 2.05) is 6.92 Å². The standard InChI is InChI=1S/C19H21N5O3S/c1-13-11-14-17(21-12-22-18(14)28-13)20-5-4-16(25)23-6-8-24(9-7-23)19(26)15-3-2-10-27-15/h2-3,10-12H,4-9H2,1H3,(H,20,21,22). The van der Waals surface area contributed by atoms with Crippen molar-refractivity contribution >= 4 is 39.2 Å². The number of aromatic nitrogens is 2. The summed E-state index contributed by atoms with van der Waals surface area (Å²) in [5, 5.41) is 4.24. The van der Waals surface area contributed by atoms with Crippen molar-refractivity contribution in [2.24, 2.45) is 0 Å². The molecule has 146 valence electrons. The van der Waals surface area contributed by atoms with E-state index in [1.54, 1.807) is 33.3 Å². The Labute approximate surface area is 166 Å². The third-order valence-electron chi connectivity index (χ3n) is 4.74. The van der Waals surface area contributed by atoms with Gasteiger partial charge in [0.15, 0.2) is 5.76 Å². The summed E-state index contributed by atoms with van der Waals surface area (Å²) in [5.41, 5.74) is 0. The largest absolute Gasteiger partial charge is 0.459 e. The third-order valence-corrected chi connectivity index (χ3v) is 5.69. The highest BCUT2D eigenvalue weighted by molar-refractivity contribution is 7.18. The van der Waals surface area contributed by atoms with Gasteiger partial charge in [-0.25, -0.2) is 9.97 Å². The van der Waals surface area contributed by atoms with E-state index in [-0.39, 0.29) is 11.8 Å². The Kier molecular flexibility index (Phi) is 5.25. The first-order valence-electron chi connectivity index (χ1n) is 9.17. The molecule has 4 heterocycles. The highest BCUT2D eigenvalue weighted by Gasteiger charge is 2.25. The summed E-state index contributed by atoms with van der Waals surface area (Å²) in [5.74, 6) is 1.04. The molecule has 1 aliphatic heterocycles. The normalized spacial score (nSPS) is 14.5. The zero-order chi connectivity index (χ0) is 19.5. The molecule has 0 spiro atoms. The number of carbonyl (C=O) groups excluding carboxylic acids is 2. The zero-order valence-corrected chi connectivity index (χ0v) is 16.4. The summed E-state index contributed by atoms with van der Waals surface area (Å²) in [7, 11) is 0. The van der Waals surface area contributed by atoms with Crippen LogP contribution in [0.5, 0.6) is 0 Å². The van der Waals surface area contributed by atoms with Gasteiger partial charge in [0, 0.05) is 44.0 Å². The molecule has 3 aromatic heterocycles. The van der Waals surface area contributed by atoms with E-state index >= 15 is 0 Å². The van der Waals surface area contributed by atoms with Crippen LogP contribution in [-0.4, -0.2) is 64.3 Å². The molecule has 0 unspecified atom stereocenters. The lowest BCUT2D eigenvalue weighted by Crippen LogP contribution is -2.50. The monoisotopic (exact) mass is 399 g/mol. The fourth-order valence-corrected chi connectivity index (χ4v) is 4.13. The number of hydrogen-bond donors (Lipinski definition) is 1.